The molecule has 0 aliphatic rings. The number of aryl methyl sites for hydroxylation is 1. The first-order chi connectivity index (χ1) is 15.6. The summed E-state index contributed by atoms with van der Waals surface area (Å²) in [6, 6.07) is 20.7. The smallest absolute Gasteiger partial charge is 0.124 e. The Balaban J connectivity index is 1.82. The van der Waals surface area contributed by atoms with Gasteiger partial charge in [0.1, 0.15) is 4.83 Å². The van der Waals surface area contributed by atoms with Crippen molar-refractivity contribution in [1.82, 2.24) is 4.98 Å². The number of nitrogens with zero attached hydrogens (tertiary/aromatic N) is 1. The Morgan fingerprint density at radius 3 is 1.68 bits per heavy atom. The van der Waals surface area contributed by atoms with E-state index in [4.69, 9.17) is 4.98 Å². The molecule has 178 valence electrons. The quantitative estimate of drug-likeness (QED) is 0.285. The highest BCUT2D eigenvalue weighted by atomic mass is 32.1. The topological polar surface area (TPSA) is 12.9 Å². The molecule has 4 aromatic rings. The van der Waals surface area contributed by atoms with Crippen LogP contribution in [0.25, 0.3) is 31.9 Å². The lowest BCUT2D eigenvalue weighted by Gasteiger charge is -2.26. The average Bonchev–Trinajstić information content (AvgIpc) is 3.14. The molecular formula is C32H39NS. The van der Waals surface area contributed by atoms with Crippen LogP contribution in [0, 0.1) is 6.92 Å². The van der Waals surface area contributed by atoms with Crippen LogP contribution in [0.2, 0.25) is 0 Å². The molecule has 34 heavy (non-hydrogen) atoms. The highest BCUT2D eigenvalue weighted by Gasteiger charge is 2.22. The molecule has 0 aliphatic heterocycles. The maximum atomic E-state index is 5.12. The van der Waals surface area contributed by atoms with Crippen LogP contribution < -0.4 is 0 Å². The van der Waals surface area contributed by atoms with Crippen molar-refractivity contribution in [1.29, 1.82) is 0 Å². The van der Waals surface area contributed by atoms with E-state index in [1.807, 2.05) is 0 Å². The number of pyridine rings is 1. The van der Waals surface area contributed by atoms with Crippen molar-refractivity contribution in [3.05, 3.63) is 76.9 Å². The van der Waals surface area contributed by atoms with Crippen molar-refractivity contribution < 1.29 is 0 Å². The molecule has 0 N–H and O–H groups in total. The first-order valence-electron chi connectivity index (χ1n) is 12.3. The van der Waals surface area contributed by atoms with Gasteiger partial charge in [0.25, 0.3) is 0 Å². The van der Waals surface area contributed by atoms with E-state index in [2.05, 4.69) is 124 Å². The number of thiophene rings is 1. The zero-order valence-electron chi connectivity index (χ0n) is 22.6. The van der Waals surface area contributed by atoms with Gasteiger partial charge in [0.2, 0.25) is 0 Å². The Labute approximate surface area is 210 Å². The number of benzene rings is 2. The Bertz CT molecular complexity index is 1320. The van der Waals surface area contributed by atoms with Gasteiger partial charge >= 0.3 is 0 Å². The van der Waals surface area contributed by atoms with Gasteiger partial charge in [-0.3, -0.25) is 0 Å². The van der Waals surface area contributed by atoms with Gasteiger partial charge in [-0.15, -0.1) is 11.3 Å². The highest BCUT2D eigenvalue weighted by Crippen LogP contribution is 2.39. The van der Waals surface area contributed by atoms with Crippen molar-refractivity contribution in [2.24, 2.45) is 0 Å². The third kappa shape index (κ3) is 5.13. The average molecular weight is 470 g/mol. The zero-order valence-corrected chi connectivity index (χ0v) is 23.4. The minimum Gasteiger partial charge on any atom is -0.237 e. The molecule has 0 saturated heterocycles. The second-order valence-corrected chi connectivity index (χ2v) is 13.9. The predicted molar refractivity (Wildman–Crippen MR) is 151 cm³/mol. The van der Waals surface area contributed by atoms with Gasteiger partial charge in [0.15, 0.2) is 0 Å². The fourth-order valence-corrected chi connectivity index (χ4v) is 5.24. The standard InChI is InChI=1S/C32H39NS/c1-20-13-22(15-24(14-20)30(2,3)4)27-12-11-21-18-28(34-29(21)33-27)23-16-25(31(5,6)7)19-26(17-23)32(8,9)10/h11-19H,1-10H3. The van der Waals surface area contributed by atoms with Crippen molar-refractivity contribution in [3.8, 4) is 21.7 Å². The maximum Gasteiger partial charge on any atom is 0.124 e. The van der Waals surface area contributed by atoms with Crippen molar-refractivity contribution >= 4 is 21.6 Å². The van der Waals surface area contributed by atoms with E-state index in [0.29, 0.717) is 0 Å². The lowest BCUT2D eigenvalue weighted by atomic mass is 9.79. The molecule has 2 aromatic heterocycles. The molecule has 2 heterocycles. The lowest BCUT2D eigenvalue weighted by molar-refractivity contribution is 0.569. The van der Waals surface area contributed by atoms with Crippen LogP contribution in [-0.4, -0.2) is 4.98 Å². The molecule has 0 aliphatic carbocycles. The lowest BCUT2D eigenvalue weighted by Crippen LogP contribution is -2.16. The van der Waals surface area contributed by atoms with Gasteiger partial charge in [0.05, 0.1) is 5.69 Å². The van der Waals surface area contributed by atoms with Crippen LogP contribution in [0.1, 0.15) is 84.6 Å². The van der Waals surface area contributed by atoms with E-state index in [1.54, 1.807) is 11.3 Å². The van der Waals surface area contributed by atoms with Crippen molar-refractivity contribution in [2.75, 3.05) is 0 Å². The fourth-order valence-electron chi connectivity index (χ4n) is 4.22. The van der Waals surface area contributed by atoms with Crippen LogP contribution in [0.15, 0.2) is 54.6 Å². The SMILES string of the molecule is Cc1cc(-c2ccc3cc(-c4cc(C(C)(C)C)cc(C(C)(C)C)c4)sc3n2)cc(C(C)(C)C)c1. The van der Waals surface area contributed by atoms with Crippen LogP contribution >= 0.6 is 11.3 Å². The third-order valence-electron chi connectivity index (χ3n) is 6.57. The molecule has 0 spiro atoms. The molecular weight excluding hydrogens is 430 g/mol. The van der Waals surface area contributed by atoms with Crippen molar-refractivity contribution in [3.63, 3.8) is 0 Å². The summed E-state index contributed by atoms with van der Waals surface area (Å²) in [5.74, 6) is 0. The van der Waals surface area contributed by atoms with Crippen LogP contribution in [-0.2, 0) is 16.2 Å². The molecule has 2 heteroatoms. The summed E-state index contributed by atoms with van der Waals surface area (Å²) in [5, 5.41) is 1.21. The molecule has 0 fully saturated rings. The minimum atomic E-state index is 0.105. The summed E-state index contributed by atoms with van der Waals surface area (Å²) >= 11 is 1.80. The minimum absolute atomic E-state index is 0.105. The van der Waals surface area contributed by atoms with Crippen LogP contribution in [0.3, 0.4) is 0 Å². The van der Waals surface area contributed by atoms with E-state index in [9.17, 15) is 0 Å². The highest BCUT2D eigenvalue weighted by molar-refractivity contribution is 7.21. The number of hydrogen-bond donors (Lipinski definition) is 0. The first-order valence-corrected chi connectivity index (χ1v) is 13.1. The third-order valence-corrected chi connectivity index (χ3v) is 7.67. The van der Waals surface area contributed by atoms with E-state index in [0.717, 1.165) is 10.5 Å². The summed E-state index contributed by atoms with van der Waals surface area (Å²) in [5.41, 5.74) is 9.28. The van der Waals surface area contributed by atoms with Crippen LogP contribution in [0.4, 0.5) is 0 Å². The normalized spacial score (nSPS) is 13.0. The summed E-state index contributed by atoms with van der Waals surface area (Å²) in [4.78, 5) is 7.51. The Morgan fingerprint density at radius 2 is 1.12 bits per heavy atom. The number of hydrogen-bond acceptors (Lipinski definition) is 2. The molecule has 0 bridgehead atoms. The Kier molecular flexibility index (Phi) is 6.05. The maximum absolute atomic E-state index is 5.12. The summed E-state index contributed by atoms with van der Waals surface area (Å²) < 4.78 is 0. The van der Waals surface area contributed by atoms with E-state index < -0.39 is 0 Å². The zero-order chi connectivity index (χ0) is 25.1. The molecule has 4 rings (SSSR count). The van der Waals surface area contributed by atoms with E-state index in [1.165, 1.54) is 43.6 Å². The predicted octanol–water partition coefficient (Wildman–Crippen LogP) is 9.83. The van der Waals surface area contributed by atoms with E-state index in [-0.39, 0.29) is 16.2 Å². The Hall–Kier alpha value is -2.45. The Morgan fingerprint density at radius 1 is 0.588 bits per heavy atom. The number of aromatic nitrogens is 1. The summed E-state index contributed by atoms with van der Waals surface area (Å²) in [6.07, 6.45) is 0. The number of fused-ring (bicyclic) bond motifs is 1. The molecule has 0 radical (unpaired) electrons. The monoisotopic (exact) mass is 469 g/mol. The van der Waals surface area contributed by atoms with Gasteiger partial charge in [-0.1, -0.05) is 80.0 Å². The fraction of sp³-hybridized carbons (Fsp3) is 0.406. The molecule has 0 unspecified atom stereocenters. The summed E-state index contributed by atoms with van der Waals surface area (Å²) in [7, 11) is 0. The first kappa shape index (κ1) is 24.7. The van der Waals surface area contributed by atoms with Crippen molar-refractivity contribution in [2.45, 2.75) is 85.5 Å². The van der Waals surface area contributed by atoms with Gasteiger partial charge in [0, 0.05) is 15.8 Å². The summed E-state index contributed by atoms with van der Waals surface area (Å²) in [6.45, 7) is 22.8. The molecule has 0 saturated carbocycles. The van der Waals surface area contributed by atoms with Gasteiger partial charge < -0.3 is 0 Å². The molecule has 0 amide bonds. The largest absolute Gasteiger partial charge is 0.237 e. The molecule has 2 aromatic carbocycles. The van der Waals surface area contributed by atoms with Crippen LogP contribution in [0.5, 0.6) is 0 Å². The van der Waals surface area contributed by atoms with E-state index >= 15 is 0 Å². The second kappa shape index (κ2) is 8.34. The number of rotatable bonds is 2. The molecule has 0 atom stereocenters. The molecule has 1 nitrogen and oxygen atoms in total. The van der Waals surface area contributed by atoms with Gasteiger partial charge in [-0.25, -0.2) is 4.98 Å². The van der Waals surface area contributed by atoms with Gasteiger partial charge in [-0.2, -0.15) is 0 Å². The van der Waals surface area contributed by atoms with Gasteiger partial charge in [-0.05, 0) is 87.9 Å². The second-order valence-electron chi connectivity index (χ2n) is 12.8.